The average Bonchev–Trinajstić information content (AvgIpc) is 2.99. The van der Waals surface area contributed by atoms with Crippen LogP contribution < -0.4 is 4.74 Å². The van der Waals surface area contributed by atoms with Gasteiger partial charge in [0, 0.05) is 24.3 Å². The van der Waals surface area contributed by atoms with Gasteiger partial charge in [0.2, 0.25) is 12.0 Å². The summed E-state index contributed by atoms with van der Waals surface area (Å²) in [7, 11) is 0. The van der Waals surface area contributed by atoms with Crippen molar-refractivity contribution in [1.29, 1.82) is 0 Å². The fourth-order valence-electron chi connectivity index (χ4n) is 3.30. The zero-order valence-electron chi connectivity index (χ0n) is 15.7. The first-order valence-electron chi connectivity index (χ1n) is 9.07. The SMILES string of the molecule is OC[C@H]1OC(Oc2cc3c(O)cc(O)cc3[o+]c2-c2cc(O)c(O)c(O)c2)[C@@H](O)[C@@H]1O. The van der Waals surface area contributed by atoms with Gasteiger partial charge in [-0.25, -0.2) is 4.42 Å². The van der Waals surface area contributed by atoms with Crippen molar-refractivity contribution in [2.24, 2.45) is 0 Å². The number of ether oxygens (including phenoxy) is 2. The van der Waals surface area contributed by atoms with Crippen LogP contribution in [0.2, 0.25) is 0 Å². The highest BCUT2D eigenvalue weighted by molar-refractivity contribution is 5.88. The molecule has 1 aliphatic heterocycles. The Morgan fingerprint density at radius 3 is 2.16 bits per heavy atom. The van der Waals surface area contributed by atoms with Crippen LogP contribution in [-0.4, -0.2) is 72.1 Å². The van der Waals surface area contributed by atoms with Crippen LogP contribution in [0.15, 0.2) is 34.7 Å². The Hall–Kier alpha value is -3.51. The van der Waals surface area contributed by atoms with Crippen molar-refractivity contribution in [1.82, 2.24) is 0 Å². The van der Waals surface area contributed by atoms with E-state index >= 15 is 0 Å². The van der Waals surface area contributed by atoms with Crippen LogP contribution in [-0.2, 0) is 4.74 Å². The van der Waals surface area contributed by atoms with E-state index in [1.54, 1.807) is 0 Å². The Morgan fingerprint density at radius 2 is 1.55 bits per heavy atom. The molecule has 1 fully saturated rings. The fraction of sp³-hybridized carbons (Fsp3) is 0.250. The van der Waals surface area contributed by atoms with Gasteiger partial charge in [-0.3, -0.25) is 0 Å². The third-order valence-corrected chi connectivity index (χ3v) is 4.89. The van der Waals surface area contributed by atoms with Crippen LogP contribution in [0, 0.1) is 0 Å². The highest BCUT2D eigenvalue weighted by Gasteiger charge is 2.45. The van der Waals surface area contributed by atoms with Gasteiger partial charge in [-0.2, -0.15) is 0 Å². The first-order chi connectivity index (χ1) is 14.7. The van der Waals surface area contributed by atoms with E-state index in [0.29, 0.717) is 0 Å². The zero-order valence-corrected chi connectivity index (χ0v) is 15.7. The van der Waals surface area contributed by atoms with Crippen molar-refractivity contribution >= 4 is 11.0 Å². The molecule has 0 amide bonds. The van der Waals surface area contributed by atoms with Gasteiger partial charge in [-0.1, -0.05) is 0 Å². The summed E-state index contributed by atoms with van der Waals surface area (Å²) in [6, 6.07) is 5.68. The van der Waals surface area contributed by atoms with Crippen molar-refractivity contribution < 1.29 is 54.7 Å². The summed E-state index contributed by atoms with van der Waals surface area (Å²) in [6.07, 6.45) is -5.50. The molecular weight excluding hydrogens is 416 g/mol. The van der Waals surface area contributed by atoms with Crippen LogP contribution in [0.3, 0.4) is 0 Å². The van der Waals surface area contributed by atoms with E-state index in [0.717, 1.165) is 18.2 Å². The third kappa shape index (κ3) is 3.59. The van der Waals surface area contributed by atoms with Crippen LogP contribution in [0.5, 0.6) is 34.5 Å². The molecule has 164 valence electrons. The van der Waals surface area contributed by atoms with Crippen LogP contribution in [0.25, 0.3) is 22.3 Å². The van der Waals surface area contributed by atoms with Crippen LogP contribution in [0.1, 0.15) is 0 Å². The second-order valence-electron chi connectivity index (χ2n) is 7.00. The van der Waals surface area contributed by atoms with Gasteiger partial charge in [0.25, 0.3) is 0 Å². The largest absolute Gasteiger partial charge is 0.507 e. The number of fused-ring (bicyclic) bond motifs is 1. The normalized spacial score (nSPS) is 23.3. The van der Waals surface area contributed by atoms with Crippen LogP contribution >= 0.6 is 0 Å². The number of rotatable bonds is 4. The number of phenolic OH excluding ortho intramolecular Hbond substituents is 5. The van der Waals surface area contributed by atoms with Gasteiger partial charge in [-0.15, -0.1) is 0 Å². The molecule has 2 aromatic carbocycles. The number of aliphatic hydroxyl groups is 3. The van der Waals surface area contributed by atoms with Gasteiger partial charge in [0.15, 0.2) is 17.2 Å². The molecule has 0 bridgehead atoms. The van der Waals surface area contributed by atoms with Gasteiger partial charge in [-0.05, 0) is 0 Å². The molecule has 1 saturated heterocycles. The molecule has 0 aliphatic carbocycles. The first kappa shape index (κ1) is 20.8. The lowest BCUT2D eigenvalue weighted by molar-refractivity contribution is -0.116. The number of hydrogen-bond acceptors (Lipinski definition) is 10. The van der Waals surface area contributed by atoms with Crippen molar-refractivity contribution in [2.75, 3.05) is 6.61 Å². The molecule has 11 nitrogen and oxygen atoms in total. The molecule has 1 unspecified atom stereocenters. The molecule has 2 heterocycles. The van der Waals surface area contributed by atoms with Crippen molar-refractivity contribution in [3.8, 4) is 45.8 Å². The summed E-state index contributed by atoms with van der Waals surface area (Å²) in [5.74, 6) is -3.02. The zero-order chi connectivity index (χ0) is 22.4. The third-order valence-electron chi connectivity index (χ3n) is 4.89. The van der Waals surface area contributed by atoms with Crippen molar-refractivity contribution in [2.45, 2.75) is 24.6 Å². The topological polar surface area (TPSA) is 192 Å². The average molecular weight is 435 g/mol. The van der Waals surface area contributed by atoms with E-state index in [2.05, 4.69) is 0 Å². The van der Waals surface area contributed by atoms with Crippen molar-refractivity contribution in [3.63, 3.8) is 0 Å². The Bertz CT molecular complexity index is 1120. The summed E-state index contributed by atoms with van der Waals surface area (Å²) in [5.41, 5.74) is 0.0346. The summed E-state index contributed by atoms with van der Waals surface area (Å²) in [6.45, 7) is -0.577. The maximum absolute atomic E-state index is 10.2. The van der Waals surface area contributed by atoms with Gasteiger partial charge < -0.3 is 50.3 Å². The molecule has 31 heavy (non-hydrogen) atoms. The molecule has 11 heteroatoms. The second kappa shape index (κ2) is 7.63. The van der Waals surface area contributed by atoms with Crippen LogP contribution in [0.4, 0.5) is 0 Å². The minimum Gasteiger partial charge on any atom is -0.507 e. The molecular formula is C20H19O11+. The maximum atomic E-state index is 10.2. The maximum Gasteiger partial charge on any atom is 0.402 e. The Kier molecular flexibility index (Phi) is 5.11. The van der Waals surface area contributed by atoms with Gasteiger partial charge in [0.1, 0.15) is 35.2 Å². The van der Waals surface area contributed by atoms with E-state index in [1.807, 2.05) is 0 Å². The van der Waals surface area contributed by atoms with E-state index in [4.69, 9.17) is 13.9 Å². The number of aromatic hydroxyl groups is 5. The molecule has 1 aliphatic rings. The minimum absolute atomic E-state index is 0.00747. The van der Waals surface area contributed by atoms with E-state index in [-0.39, 0.29) is 39.5 Å². The quantitative estimate of drug-likeness (QED) is 0.213. The molecule has 1 aromatic heterocycles. The number of benzene rings is 2. The monoisotopic (exact) mass is 435 g/mol. The van der Waals surface area contributed by atoms with E-state index in [1.165, 1.54) is 12.1 Å². The number of aliphatic hydroxyl groups excluding tert-OH is 3. The lowest BCUT2D eigenvalue weighted by atomic mass is 10.1. The summed E-state index contributed by atoms with van der Waals surface area (Å²) in [4.78, 5) is 0. The summed E-state index contributed by atoms with van der Waals surface area (Å²) in [5, 5.41) is 78.7. The molecule has 8 N–H and O–H groups in total. The highest BCUT2D eigenvalue weighted by atomic mass is 16.7. The lowest BCUT2D eigenvalue weighted by Gasteiger charge is -2.16. The molecule has 0 spiro atoms. The Labute approximate surface area is 173 Å². The minimum atomic E-state index is -1.53. The lowest BCUT2D eigenvalue weighted by Crippen LogP contribution is -2.35. The Balaban J connectivity index is 1.87. The second-order valence-corrected chi connectivity index (χ2v) is 7.00. The van der Waals surface area contributed by atoms with Gasteiger partial charge >= 0.3 is 11.3 Å². The Morgan fingerprint density at radius 1 is 0.871 bits per heavy atom. The van der Waals surface area contributed by atoms with E-state index < -0.39 is 48.5 Å². The predicted octanol–water partition coefficient (Wildman–Crippen LogP) is 0.727. The standard InChI is InChI=1S/C20H18O11/c21-6-15-17(27)18(28)20(31-15)30-14-5-9-10(23)3-8(22)4-13(9)29-19(14)7-1-11(24)16(26)12(25)2-7/h1-5,15,17-18,20-21,27-28H,6H2,(H4-,22,23,24,25,26)/p+1/t15-,17-,18+,20?/m1/s1. The highest BCUT2D eigenvalue weighted by Crippen LogP contribution is 2.44. The van der Waals surface area contributed by atoms with E-state index in [9.17, 15) is 40.9 Å². The summed E-state index contributed by atoms with van der Waals surface area (Å²) >= 11 is 0. The van der Waals surface area contributed by atoms with Crippen molar-refractivity contribution in [3.05, 3.63) is 30.3 Å². The fourth-order valence-corrected chi connectivity index (χ4v) is 3.30. The first-order valence-corrected chi connectivity index (χ1v) is 9.07. The summed E-state index contributed by atoms with van der Waals surface area (Å²) < 4.78 is 16.7. The smallest absolute Gasteiger partial charge is 0.402 e. The molecule has 4 rings (SSSR count). The molecule has 0 saturated carbocycles. The molecule has 0 radical (unpaired) electrons. The number of hydrogen-bond donors (Lipinski definition) is 8. The van der Waals surface area contributed by atoms with Gasteiger partial charge in [0.05, 0.1) is 18.2 Å². The molecule has 3 aromatic rings. The molecule has 4 atom stereocenters. The number of phenols is 5. The predicted molar refractivity (Wildman–Crippen MR) is 103 cm³/mol.